The molecule has 0 aromatic carbocycles. The zero-order valence-electron chi connectivity index (χ0n) is 14.6. The summed E-state index contributed by atoms with van der Waals surface area (Å²) in [7, 11) is 0. The predicted molar refractivity (Wildman–Crippen MR) is 94.3 cm³/mol. The smallest absolute Gasteiger partial charge is 0.317 e. The standard InChI is InChI=1S/C17H26N6O2/c24-15-5-2-1-3-9-21(15)10-8-20-17(25)23-13-11-22(12-14-23)16-18-6-4-7-19-16/h4,6-7H,1-3,5,8-14H2,(H,20,25). The first kappa shape index (κ1) is 17.4. The average molecular weight is 346 g/mol. The van der Waals surface area contributed by atoms with E-state index < -0.39 is 0 Å². The van der Waals surface area contributed by atoms with Gasteiger partial charge in [0.25, 0.3) is 0 Å². The number of rotatable bonds is 4. The highest BCUT2D eigenvalue weighted by atomic mass is 16.2. The van der Waals surface area contributed by atoms with Crippen molar-refractivity contribution in [2.45, 2.75) is 25.7 Å². The Hall–Kier alpha value is -2.38. The Labute approximate surface area is 148 Å². The van der Waals surface area contributed by atoms with Gasteiger partial charge in [0.05, 0.1) is 0 Å². The number of aromatic nitrogens is 2. The molecule has 2 aliphatic rings. The zero-order valence-corrected chi connectivity index (χ0v) is 14.6. The lowest BCUT2D eigenvalue weighted by molar-refractivity contribution is -0.130. The van der Waals surface area contributed by atoms with Crippen molar-refractivity contribution in [2.75, 3.05) is 50.7 Å². The zero-order chi connectivity index (χ0) is 17.5. The molecule has 8 nitrogen and oxygen atoms in total. The minimum atomic E-state index is -0.0594. The van der Waals surface area contributed by atoms with Gasteiger partial charge < -0.3 is 20.0 Å². The molecule has 1 aromatic rings. The van der Waals surface area contributed by atoms with Crippen LogP contribution in [-0.4, -0.2) is 77.5 Å². The maximum Gasteiger partial charge on any atom is 0.317 e. The monoisotopic (exact) mass is 346 g/mol. The van der Waals surface area contributed by atoms with Gasteiger partial charge in [-0.05, 0) is 18.9 Å². The van der Waals surface area contributed by atoms with Crippen LogP contribution in [0.4, 0.5) is 10.7 Å². The lowest BCUT2D eigenvalue weighted by Gasteiger charge is -2.34. The summed E-state index contributed by atoms with van der Waals surface area (Å²) in [5.74, 6) is 0.922. The molecule has 0 atom stereocenters. The molecular weight excluding hydrogens is 320 g/mol. The number of nitrogens with one attached hydrogen (secondary N) is 1. The van der Waals surface area contributed by atoms with Crippen LogP contribution in [0, 0.1) is 0 Å². The molecule has 0 radical (unpaired) electrons. The average Bonchev–Trinajstić information content (AvgIpc) is 2.87. The minimum absolute atomic E-state index is 0.0594. The van der Waals surface area contributed by atoms with Crippen LogP contribution in [0.25, 0.3) is 0 Å². The Bertz CT molecular complexity index is 574. The number of likely N-dealkylation sites (tertiary alicyclic amines) is 1. The van der Waals surface area contributed by atoms with Crippen LogP contribution in [0.2, 0.25) is 0 Å². The maximum absolute atomic E-state index is 12.3. The summed E-state index contributed by atoms with van der Waals surface area (Å²) in [5.41, 5.74) is 0. The van der Waals surface area contributed by atoms with E-state index in [1.807, 2.05) is 9.80 Å². The van der Waals surface area contributed by atoms with Gasteiger partial charge in [0, 0.05) is 64.6 Å². The summed E-state index contributed by atoms with van der Waals surface area (Å²) in [6, 6.07) is 1.73. The van der Waals surface area contributed by atoms with Crippen molar-refractivity contribution in [2.24, 2.45) is 0 Å². The molecule has 8 heteroatoms. The quantitative estimate of drug-likeness (QED) is 0.868. The van der Waals surface area contributed by atoms with E-state index >= 15 is 0 Å². The van der Waals surface area contributed by atoms with Crippen molar-refractivity contribution in [1.82, 2.24) is 25.1 Å². The SMILES string of the molecule is O=C1CCCCCN1CCNC(=O)N1CCN(c2ncccn2)CC1. The van der Waals surface area contributed by atoms with E-state index in [0.717, 1.165) is 38.9 Å². The number of amides is 3. The Morgan fingerprint density at radius 1 is 1.04 bits per heavy atom. The van der Waals surface area contributed by atoms with Crippen molar-refractivity contribution in [1.29, 1.82) is 0 Å². The molecule has 1 N–H and O–H groups in total. The third-order valence-electron chi connectivity index (χ3n) is 4.73. The van der Waals surface area contributed by atoms with Crippen LogP contribution in [0.3, 0.4) is 0 Å². The van der Waals surface area contributed by atoms with E-state index in [2.05, 4.69) is 20.2 Å². The molecule has 0 aliphatic carbocycles. The molecule has 0 saturated carbocycles. The van der Waals surface area contributed by atoms with Gasteiger partial charge in [-0.15, -0.1) is 0 Å². The largest absolute Gasteiger partial charge is 0.341 e. The number of urea groups is 1. The van der Waals surface area contributed by atoms with Gasteiger partial charge in [0.2, 0.25) is 11.9 Å². The highest BCUT2D eigenvalue weighted by Gasteiger charge is 2.22. The summed E-state index contributed by atoms with van der Waals surface area (Å²) in [6.07, 6.45) is 7.25. The van der Waals surface area contributed by atoms with Crippen molar-refractivity contribution >= 4 is 17.9 Å². The summed E-state index contributed by atoms with van der Waals surface area (Å²) in [4.78, 5) is 38.5. The third kappa shape index (κ3) is 4.80. The Morgan fingerprint density at radius 2 is 1.80 bits per heavy atom. The van der Waals surface area contributed by atoms with Gasteiger partial charge in [-0.1, -0.05) is 6.42 Å². The van der Waals surface area contributed by atoms with Gasteiger partial charge in [-0.3, -0.25) is 4.79 Å². The number of hydrogen-bond acceptors (Lipinski definition) is 5. The summed E-state index contributed by atoms with van der Waals surface area (Å²) >= 11 is 0. The van der Waals surface area contributed by atoms with Crippen LogP contribution in [0.5, 0.6) is 0 Å². The highest BCUT2D eigenvalue weighted by molar-refractivity contribution is 5.77. The third-order valence-corrected chi connectivity index (χ3v) is 4.73. The Balaban J connectivity index is 1.38. The first-order valence-electron chi connectivity index (χ1n) is 9.06. The molecule has 2 saturated heterocycles. The fourth-order valence-electron chi connectivity index (χ4n) is 3.25. The first-order valence-corrected chi connectivity index (χ1v) is 9.06. The van der Waals surface area contributed by atoms with Crippen molar-refractivity contribution in [3.63, 3.8) is 0 Å². The normalized spacial score (nSPS) is 18.9. The van der Waals surface area contributed by atoms with Crippen LogP contribution >= 0.6 is 0 Å². The molecular formula is C17H26N6O2. The molecule has 3 amide bonds. The first-order chi connectivity index (χ1) is 12.2. The van der Waals surface area contributed by atoms with E-state index in [4.69, 9.17) is 0 Å². The molecule has 0 spiro atoms. The molecule has 2 fully saturated rings. The van der Waals surface area contributed by atoms with Crippen LogP contribution in [-0.2, 0) is 4.79 Å². The molecule has 1 aromatic heterocycles. The molecule has 3 heterocycles. The minimum Gasteiger partial charge on any atom is -0.341 e. The fraction of sp³-hybridized carbons (Fsp3) is 0.647. The number of piperazine rings is 1. The second kappa shape index (κ2) is 8.64. The molecule has 25 heavy (non-hydrogen) atoms. The Morgan fingerprint density at radius 3 is 2.56 bits per heavy atom. The maximum atomic E-state index is 12.3. The van der Waals surface area contributed by atoms with Gasteiger partial charge in [0.15, 0.2) is 0 Å². The fourth-order valence-corrected chi connectivity index (χ4v) is 3.25. The van der Waals surface area contributed by atoms with E-state index in [9.17, 15) is 9.59 Å². The van der Waals surface area contributed by atoms with Crippen molar-refractivity contribution < 1.29 is 9.59 Å². The number of nitrogens with zero attached hydrogens (tertiary/aromatic N) is 5. The second-order valence-corrected chi connectivity index (χ2v) is 6.45. The van der Waals surface area contributed by atoms with Gasteiger partial charge in [-0.25, -0.2) is 14.8 Å². The Kier molecular flexibility index (Phi) is 6.03. The lowest BCUT2D eigenvalue weighted by atomic mass is 10.2. The summed E-state index contributed by atoms with van der Waals surface area (Å²) in [6.45, 7) is 4.66. The molecule has 136 valence electrons. The number of hydrogen-bond donors (Lipinski definition) is 1. The molecule has 3 rings (SSSR count). The summed E-state index contributed by atoms with van der Waals surface area (Å²) < 4.78 is 0. The van der Waals surface area contributed by atoms with E-state index in [1.54, 1.807) is 18.5 Å². The molecule has 2 aliphatic heterocycles. The van der Waals surface area contributed by atoms with Crippen molar-refractivity contribution in [3.05, 3.63) is 18.5 Å². The van der Waals surface area contributed by atoms with E-state index in [-0.39, 0.29) is 11.9 Å². The van der Waals surface area contributed by atoms with Crippen LogP contribution in [0.15, 0.2) is 18.5 Å². The summed E-state index contributed by atoms with van der Waals surface area (Å²) in [5, 5.41) is 2.94. The number of anilines is 1. The van der Waals surface area contributed by atoms with Gasteiger partial charge >= 0.3 is 6.03 Å². The number of carbonyl (C=O) groups is 2. The second-order valence-electron chi connectivity index (χ2n) is 6.45. The molecule has 0 unspecified atom stereocenters. The number of carbonyl (C=O) groups excluding carboxylic acids is 2. The van der Waals surface area contributed by atoms with Crippen LogP contribution < -0.4 is 10.2 Å². The lowest BCUT2D eigenvalue weighted by Crippen LogP contribution is -2.53. The predicted octanol–water partition coefficient (Wildman–Crippen LogP) is 0.711. The van der Waals surface area contributed by atoms with Gasteiger partial charge in [-0.2, -0.15) is 0 Å². The highest BCUT2D eigenvalue weighted by Crippen LogP contribution is 2.11. The van der Waals surface area contributed by atoms with E-state index in [0.29, 0.717) is 38.5 Å². The topological polar surface area (TPSA) is 81.7 Å². The van der Waals surface area contributed by atoms with Gasteiger partial charge in [0.1, 0.15) is 0 Å². The van der Waals surface area contributed by atoms with E-state index in [1.165, 1.54) is 0 Å². The molecule has 0 bridgehead atoms. The van der Waals surface area contributed by atoms with Crippen LogP contribution in [0.1, 0.15) is 25.7 Å². The van der Waals surface area contributed by atoms with Crippen molar-refractivity contribution in [3.8, 4) is 0 Å².